The van der Waals surface area contributed by atoms with Crippen molar-refractivity contribution in [3.05, 3.63) is 89.1 Å². The SMILES string of the molecule is Cn1ncc(C#Cc2ccc(S(N)(=O)=O)cc2)c1N1Cc2cc3ccccc3cc2C1. The first-order valence-electron chi connectivity index (χ1n) is 9.81. The van der Waals surface area contributed by atoms with Crippen molar-refractivity contribution >= 4 is 26.6 Å². The molecule has 0 saturated heterocycles. The van der Waals surface area contributed by atoms with Crippen molar-refractivity contribution in [1.82, 2.24) is 9.78 Å². The minimum absolute atomic E-state index is 0.0716. The van der Waals surface area contributed by atoms with Gasteiger partial charge in [0.1, 0.15) is 5.82 Å². The highest BCUT2D eigenvalue weighted by Gasteiger charge is 2.24. The van der Waals surface area contributed by atoms with Crippen LogP contribution in [0.2, 0.25) is 0 Å². The average molecular weight is 429 g/mol. The molecule has 0 spiro atoms. The smallest absolute Gasteiger partial charge is 0.238 e. The molecule has 154 valence electrons. The summed E-state index contributed by atoms with van der Waals surface area (Å²) in [4.78, 5) is 2.35. The van der Waals surface area contributed by atoms with E-state index in [1.165, 1.54) is 34.0 Å². The predicted molar refractivity (Wildman–Crippen MR) is 121 cm³/mol. The number of rotatable bonds is 2. The van der Waals surface area contributed by atoms with Crippen LogP contribution >= 0.6 is 0 Å². The quantitative estimate of drug-likeness (QED) is 0.498. The van der Waals surface area contributed by atoms with Crippen molar-refractivity contribution in [2.45, 2.75) is 18.0 Å². The zero-order valence-corrected chi connectivity index (χ0v) is 17.7. The van der Waals surface area contributed by atoms with Gasteiger partial charge in [0.2, 0.25) is 10.0 Å². The lowest BCUT2D eigenvalue weighted by atomic mass is 10.0. The van der Waals surface area contributed by atoms with Crippen LogP contribution < -0.4 is 10.0 Å². The Morgan fingerprint density at radius 3 is 2.13 bits per heavy atom. The second-order valence-electron chi connectivity index (χ2n) is 7.65. The van der Waals surface area contributed by atoms with E-state index in [2.05, 4.69) is 58.2 Å². The van der Waals surface area contributed by atoms with Crippen LogP contribution in [0.4, 0.5) is 5.82 Å². The number of aromatic nitrogens is 2. The maximum Gasteiger partial charge on any atom is 0.238 e. The van der Waals surface area contributed by atoms with Crippen LogP contribution in [0, 0.1) is 11.8 Å². The fourth-order valence-corrected chi connectivity index (χ4v) is 4.52. The maximum atomic E-state index is 11.4. The normalized spacial score (nSPS) is 13.2. The summed E-state index contributed by atoms with van der Waals surface area (Å²) in [5.41, 5.74) is 4.17. The molecule has 0 saturated carbocycles. The zero-order chi connectivity index (χ0) is 21.6. The molecule has 0 radical (unpaired) electrons. The molecule has 1 aliphatic heterocycles. The topological polar surface area (TPSA) is 81.2 Å². The third-order valence-electron chi connectivity index (χ3n) is 5.52. The number of fused-ring (bicyclic) bond motifs is 2. The van der Waals surface area contributed by atoms with E-state index in [0.29, 0.717) is 5.56 Å². The van der Waals surface area contributed by atoms with Crippen molar-refractivity contribution in [3.8, 4) is 11.8 Å². The van der Waals surface area contributed by atoms with Gasteiger partial charge in [0, 0.05) is 25.7 Å². The summed E-state index contributed by atoms with van der Waals surface area (Å²) in [5, 5.41) is 12.1. The monoisotopic (exact) mass is 428 g/mol. The van der Waals surface area contributed by atoms with E-state index in [1.807, 2.05) is 11.7 Å². The Morgan fingerprint density at radius 1 is 0.935 bits per heavy atom. The van der Waals surface area contributed by atoms with Gasteiger partial charge in [-0.05, 0) is 58.3 Å². The van der Waals surface area contributed by atoms with Crippen molar-refractivity contribution in [2.24, 2.45) is 12.2 Å². The van der Waals surface area contributed by atoms with Crippen LogP contribution in [0.3, 0.4) is 0 Å². The Kier molecular flexibility index (Phi) is 4.54. The molecule has 7 heteroatoms. The minimum atomic E-state index is -3.71. The molecule has 5 rings (SSSR count). The maximum absolute atomic E-state index is 11.4. The highest BCUT2D eigenvalue weighted by molar-refractivity contribution is 7.89. The Bertz CT molecular complexity index is 1430. The van der Waals surface area contributed by atoms with Gasteiger partial charge in [-0.15, -0.1) is 0 Å². The first kappa shape index (κ1) is 19.4. The molecule has 2 heterocycles. The van der Waals surface area contributed by atoms with E-state index in [9.17, 15) is 8.42 Å². The van der Waals surface area contributed by atoms with Gasteiger partial charge in [0.05, 0.1) is 16.7 Å². The summed E-state index contributed by atoms with van der Waals surface area (Å²) in [6.45, 7) is 1.61. The molecule has 0 aliphatic carbocycles. The van der Waals surface area contributed by atoms with Gasteiger partial charge in [-0.2, -0.15) is 5.10 Å². The number of aryl methyl sites for hydroxylation is 1. The Morgan fingerprint density at radius 2 is 1.55 bits per heavy atom. The van der Waals surface area contributed by atoms with Crippen LogP contribution in [0.1, 0.15) is 22.3 Å². The van der Waals surface area contributed by atoms with Crippen LogP contribution in [0.5, 0.6) is 0 Å². The fourth-order valence-electron chi connectivity index (χ4n) is 4.01. The molecule has 1 aliphatic rings. The predicted octanol–water partition coefficient (Wildman–Crippen LogP) is 3.14. The average Bonchev–Trinajstić information content (AvgIpc) is 3.32. The molecular weight excluding hydrogens is 408 g/mol. The van der Waals surface area contributed by atoms with Gasteiger partial charge in [-0.3, -0.25) is 4.68 Å². The van der Waals surface area contributed by atoms with Gasteiger partial charge in [-0.1, -0.05) is 36.1 Å². The van der Waals surface area contributed by atoms with E-state index in [-0.39, 0.29) is 4.90 Å². The number of hydrogen-bond donors (Lipinski definition) is 1. The summed E-state index contributed by atoms with van der Waals surface area (Å²) < 4.78 is 24.7. The number of hydrogen-bond acceptors (Lipinski definition) is 4. The van der Waals surface area contributed by atoms with E-state index >= 15 is 0 Å². The summed E-state index contributed by atoms with van der Waals surface area (Å²) in [5.74, 6) is 7.25. The van der Waals surface area contributed by atoms with Crippen molar-refractivity contribution in [1.29, 1.82) is 0 Å². The van der Waals surface area contributed by atoms with E-state index in [1.54, 1.807) is 18.3 Å². The molecule has 31 heavy (non-hydrogen) atoms. The van der Waals surface area contributed by atoms with Crippen molar-refractivity contribution in [2.75, 3.05) is 4.90 Å². The molecule has 3 aromatic carbocycles. The minimum Gasteiger partial charge on any atom is -0.347 e. The third-order valence-corrected chi connectivity index (χ3v) is 6.45. The lowest BCUT2D eigenvalue weighted by Crippen LogP contribution is -2.19. The van der Waals surface area contributed by atoms with Gasteiger partial charge in [-0.25, -0.2) is 13.6 Å². The summed E-state index contributed by atoms with van der Waals surface area (Å²) >= 11 is 0. The second kappa shape index (κ2) is 7.27. The summed E-state index contributed by atoms with van der Waals surface area (Å²) in [6, 6.07) is 19.2. The van der Waals surface area contributed by atoms with Crippen LogP contribution in [0.25, 0.3) is 10.8 Å². The molecule has 0 bridgehead atoms. The summed E-state index contributed by atoms with van der Waals surface area (Å²) in [6.07, 6.45) is 1.76. The van der Waals surface area contributed by atoms with Gasteiger partial charge >= 0.3 is 0 Å². The standard InChI is InChI=1S/C24H20N4O2S/c1-27-24(28-15-21-12-18-4-2-3-5-19(18)13-22(21)16-28)20(14-26-27)9-6-17-7-10-23(11-8-17)31(25,29)30/h2-5,7-8,10-14H,15-16H2,1H3,(H2,25,29,30). The van der Waals surface area contributed by atoms with E-state index in [4.69, 9.17) is 5.14 Å². The zero-order valence-electron chi connectivity index (χ0n) is 16.9. The number of nitrogens with two attached hydrogens (primary N) is 1. The van der Waals surface area contributed by atoms with Gasteiger partial charge in [0.15, 0.2) is 0 Å². The molecule has 1 aromatic heterocycles. The molecule has 0 fully saturated rings. The van der Waals surface area contributed by atoms with E-state index < -0.39 is 10.0 Å². The van der Waals surface area contributed by atoms with Crippen LogP contribution in [-0.2, 0) is 30.2 Å². The Balaban J connectivity index is 1.44. The first-order chi connectivity index (χ1) is 14.9. The van der Waals surface area contributed by atoms with Gasteiger partial charge in [0.25, 0.3) is 0 Å². The number of anilines is 1. The van der Waals surface area contributed by atoms with Crippen molar-refractivity contribution in [3.63, 3.8) is 0 Å². The lowest BCUT2D eigenvalue weighted by Gasteiger charge is -2.18. The fraction of sp³-hybridized carbons (Fsp3) is 0.125. The molecule has 0 unspecified atom stereocenters. The summed E-state index contributed by atoms with van der Waals surface area (Å²) in [7, 11) is -1.79. The van der Waals surface area contributed by atoms with E-state index in [0.717, 1.165) is 24.5 Å². The van der Waals surface area contributed by atoms with Gasteiger partial charge < -0.3 is 4.90 Å². The molecule has 6 nitrogen and oxygen atoms in total. The first-order valence-corrected chi connectivity index (χ1v) is 11.4. The highest BCUT2D eigenvalue weighted by Crippen LogP contribution is 2.32. The van der Waals surface area contributed by atoms with Crippen molar-refractivity contribution < 1.29 is 8.42 Å². The lowest BCUT2D eigenvalue weighted by molar-refractivity contribution is 0.598. The number of benzene rings is 3. The van der Waals surface area contributed by atoms with Crippen LogP contribution in [0.15, 0.2) is 71.8 Å². The van der Waals surface area contributed by atoms with Crippen LogP contribution in [-0.4, -0.2) is 18.2 Å². The number of sulfonamides is 1. The number of nitrogens with zero attached hydrogens (tertiary/aromatic N) is 3. The second-order valence-corrected chi connectivity index (χ2v) is 9.21. The molecule has 0 amide bonds. The third kappa shape index (κ3) is 3.67. The molecular formula is C24H20N4O2S. The molecule has 2 N–H and O–H groups in total. The Hall–Kier alpha value is -3.60. The number of primary sulfonamides is 1. The highest BCUT2D eigenvalue weighted by atomic mass is 32.2. The Labute approximate surface area is 181 Å². The molecule has 0 atom stereocenters. The largest absolute Gasteiger partial charge is 0.347 e. The molecule has 4 aromatic rings.